The lowest BCUT2D eigenvalue weighted by atomic mass is 10.0. The van der Waals surface area contributed by atoms with E-state index in [1.54, 1.807) is 0 Å². The average Bonchev–Trinajstić information content (AvgIpc) is 2.61. The molecule has 0 rings (SSSR count). The maximum atomic E-state index is 9.22. The maximum absolute atomic E-state index is 9.22. The van der Waals surface area contributed by atoms with Gasteiger partial charge in [0.05, 0.1) is 7.11 Å². The highest BCUT2D eigenvalue weighted by Crippen LogP contribution is 2.13. The Balaban J connectivity index is 0. The van der Waals surface area contributed by atoms with Crippen LogP contribution in [0.4, 0.5) is 0 Å². The molecule has 0 aromatic rings. The van der Waals surface area contributed by atoms with Gasteiger partial charge in [-0.15, -0.1) is 0 Å². The summed E-state index contributed by atoms with van der Waals surface area (Å²) in [6, 6.07) is 0. The van der Waals surface area contributed by atoms with Crippen molar-refractivity contribution in [1.29, 1.82) is 0 Å². The summed E-state index contributed by atoms with van der Waals surface area (Å²) in [4.78, 5) is 0. The van der Waals surface area contributed by atoms with E-state index in [9.17, 15) is 13.0 Å². The van der Waals surface area contributed by atoms with Crippen LogP contribution < -0.4 is 0 Å². The summed E-state index contributed by atoms with van der Waals surface area (Å²) in [5.41, 5.74) is 0. The number of hydrogen-bond donors (Lipinski definition) is 0. The second-order valence-electron chi connectivity index (χ2n) is 6.98. The quantitative estimate of drug-likeness (QED) is 0.124. The Hall–Kier alpha value is 0.220. The molecule has 0 bridgehead atoms. The topological polar surface area (TPSA) is 66.4 Å². The average molecular weight is 413 g/mol. The lowest BCUT2D eigenvalue weighted by Gasteiger charge is -2.03. The molecule has 4 nitrogen and oxygen atoms in total. The van der Waals surface area contributed by atoms with E-state index in [1.165, 1.54) is 115 Å². The van der Waals surface area contributed by atoms with Gasteiger partial charge in [0.15, 0.2) is 0 Å². The molecule has 0 fully saturated rings. The lowest BCUT2D eigenvalue weighted by Crippen LogP contribution is -1.97. The SMILES string of the molecule is CCCCCCCCCCCCCCCCCCC[SH2+].COS(=O)(=O)[O-]. The minimum Gasteiger partial charge on any atom is -0.726 e. The van der Waals surface area contributed by atoms with Crippen molar-refractivity contribution in [2.75, 3.05) is 12.9 Å². The van der Waals surface area contributed by atoms with E-state index < -0.39 is 10.4 Å². The van der Waals surface area contributed by atoms with Crippen molar-refractivity contribution in [2.24, 2.45) is 0 Å². The number of hydrogen-bond acceptors (Lipinski definition) is 4. The molecule has 0 aliphatic heterocycles. The third kappa shape index (κ3) is 31.9. The smallest absolute Gasteiger partial charge is 0.217 e. The molecule has 0 unspecified atom stereocenters. The summed E-state index contributed by atoms with van der Waals surface area (Å²) in [7, 11) is -3.60. The Morgan fingerprint density at radius 1 is 0.654 bits per heavy atom. The molecule has 0 spiro atoms. The van der Waals surface area contributed by atoms with Gasteiger partial charge in [0.25, 0.3) is 0 Å². The van der Waals surface area contributed by atoms with E-state index in [0.29, 0.717) is 0 Å². The van der Waals surface area contributed by atoms with E-state index in [2.05, 4.69) is 23.7 Å². The van der Waals surface area contributed by atoms with Crippen LogP contribution in [-0.4, -0.2) is 25.8 Å². The van der Waals surface area contributed by atoms with E-state index in [0.717, 1.165) is 7.11 Å². The van der Waals surface area contributed by atoms with Gasteiger partial charge in [0.1, 0.15) is 5.75 Å². The molecule has 6 heteroatoms. The Bertz CT molecular complexity index is 328. The Morgan fingerprint density at radius 2 is 0.885 bits per heavy atom. The first-order valence-corrected chi connectivity index (χ1v) is 12.7. The minimum atomic E-state index is -4.41. The molecule has 26 heavy (non-hydrogen) atoms. The van der Waals surface area contributed by atoms with E-state index in [-0.39, 0.29) is 0 Å². The van der Waals surface area contributed by atoms with Crippen LogP contribution in [0.3, 0.4) is 0 Å². The second kappa shape index (κ2) is 23.3. The summed E-state index contributed by atoms with van der Waals surface area (Å²) >= 11 is 3.54. The Kier molecular flexibility index (Phi) is 25.4. The molecule has 0 aromatic carbocycles. The summed E-state index contributed by atoms with van der Waals surface area (Å²) in [6.45, 7) is 2.29. The van der Waals surface area contributed by atoms with Gasteiger partial charge in [0, 0.05) is 0 Å². The molecule has 0 amide bonds. The lowest BCUT2D eigenvalue weighted by molar-refractivity contribution is 0.314. The van der Waals surface area contributed by atoms with Crippen molar-refractivity contribution >= 4 is 23.0 Å². The van der Waals surface area contributed by atoms with Gasteiger partial charge in [0.2, 0.25) is 10.4 Å². The van der Waals surface area contributed by atoms with Crippen molar-refractivity contribution in [3.05, 3.63) is 0 Å². The predicted molar refractivity (Wildman–Crippen MR) is 116 cm³/mol. The first-order valence-electron chi connectivity index (χ1n) is 10.6. The third-order valence-electron chi connectivity index (χ3n) is 4.48. The normalized spacial score (nSPS) is 11.2. The molecule has 0 atom stereocenters. The molecule has 0 heterocycles. The van der Waals surface area contributed by atoms with Crippen LogP contribution in [0.5, 0.6) is 0 Å². The fourth-order valence-electron chi connectivity index (χ4n) is 2.85. The first-order chi connectivity index (χ1) is 12.5. The zero-order valence-electron chi connectivity index (χ0n) is 17.3. The standard InChI is InChI=1S/C19H40S.CH4O4S/c1-2-3-4-5-6-7-8-9-10-11-12-13-14-15-16-17-18-19-20;1-5-6(2,3)4/h20H,2-19H2,1H3;1H3,(H,2,3,4). The van der Waals surface area contributed by atoms with Crippen LogP contribution >= 0.6 is 0 Å². The van der Waals surface area contributed by atoms with Gasteiger partial charge in [-0.1, -0.05) is 103 Å². The van der Waals surface area contributed by atoms with Crippen LogP contribution in [0.15, 0.2) is 0 Å². The van der Waals surface area contributed by atoms with Gasteiger partial charge in [-0.3, -0.25) is 4.18 Å². The fraction of sp³-hybridized carbons (Fsp3) is 1.00. The molecule has 0 aromatic heterocycles. The van der Waals surface area contributed by atoms with E-state index in [1.807, 2.05) is 0 Å². The van der Waals surface area contributed by atoms with Gasteiger partial charge in [-0.2, -0.15) is 0 Å². The molecule has 160 valence electrons. The molecule has 0 N–H and O–H groups in total. The van der Waals surface area contributed by atoms with Crippen LogP contribution in [-0.2, 0) is 27.2 Å². The summed E-state index contributed by atoms with van der Waals surface area (Å²) in [5.74, 6) is 1.18. The molecule has 0 radical (unpaired) electrons. The summed E-state index contributed by atoms with van der Waals surface area (Å²) < 4.78 is 31.0. The van der Waals surface area contributed by atoms with Gasteiger partial charge in [-0.05, 0) is 25.5 Å². The molecular weight excluding hydrogens is 368 g/mol. The summed E-state index contributed by atoms with van der Waals surface area (Å²) in [6.07, 6.45) is 24.8. The van der Waals surface area contributed by atoms with Crippen molar-refractivity contribution in [2.45, 2.75) is 116 Å². The molecule has 0 aliphatic rings. The highest BCUT2D eigenvalue weighted by molar-refractivity contribution is 7.80. The monoisotopic (exact) mass is 412 g/mol. The van der Waals surface area contributed by atoms with Crippen LogP contribution in [0.25, 0.3) is 0 Å². The van der Waals surface area contributed by atoms with Crippen LogP contribution in [0.1, 0.15) is 116 Å². The first kappa shape index (κ1) is 28.4. The Labute approximate surface area is 169 Å². The fourth-order valence-corrected chi connectivity index (χ4v) is 3.10. The zero-order valence-corrected chi connectivity index (χ0v) is 19.1. The van der Waals surface area contributed by atoms with Gasteiger partial charge < -0.3 is 4.55 Å². The van der Waals surface area contributed by atoms with Crippen LogP contribution in [0.2, 0.25) is 0 Å². The van der Waals surface area contributed by atoms with Crippen molar-refractivity contribution in [3.8, 4) is 0 Å². The van der Waals surface area contributed by atoms with Crippen LogP contribution in [0, 0.1) is 0 Å². The Morgan fingerprint density at radius 3 is 1.08 bits per heavy atom. The largest absolute Gasteiger partial charge is 0.726 e. The summed E-state index contributed by atoms with van der Waals surface area (Å²) in [5, 5.41) is 0. The molecule has 0 aliphatic carbocycles. The second-order valence-corrected chi connectivity index (χ2v) is 8.63. The number of rotatable bonds is 18. The molecule has 0 saturated heterocycles. The third-order valence-corrected chi connectivity index (χ3v) is 5.25. The zero-order chi connectivity index (χ0) is 19.9. The molecule has 0 saturated carbocycles. The van der Waals surface area contributed by atoms with Gasteiger partial charge >= 0.3 is 0 Å². The number of unbranched alkanes of at least 4 members (excludes halogenated alkanes) is 16. The highest BCUT2D eigenvalue weighted by Gasteiger charge is 1.94. The molecular formula is C20H44O4S2. The van der Waals surface area contributed by atoms with Crippen molar-refractivity contribution in [3.63, 3.8) is 0 Å². The minimum absolute atomic E-state index is 0.808. The maximum Gasteiger partial charge on any atom is 0.217 e. The highest BCUT2D eigenvalue weighted by atomic mass is 32.3. The van der Waals surface area contributed by atoms with Gasteiger partial charge in [-0.25, -0.2) is 8.42 Å². The van der Waals surface area contributed by atoms with Crippen molar-refractivity contribution in [1.82, 2.24) is 0 Å². The van der Waals surface area contributed by atoms with Crippen molar-refractivity contribution < 1.29 is 17.2 Å². The van der Waals surface area contributed by atoms with E-state index in [4.69, 9.17) is 0 Å². The van der Waals surface area contributed by atoms with E-state index >= 15 is 0 Å². The predicted octanol–water partition coefficient (Wildman–Crippen LogP) is 5.74.